The maximum absolute atomic E-state index is 3.80. The van der Waals surface area contributed by atoms with E-state index in [2.05, 4.69) is 83.6 Å². The van der Waals surface area contributed by atoms with Crippen molar-refractivity contribution in [2.75, 3.05) is 31.1 Å². The summed E-state index contributed by atoms with van der Waals surface area (Å²) in [6.45, 7) is 11.4. The molecule has 0 saturated carbocycles. The molecular formula is C27H41N3. The lowest BCUT2D eigenvalue weighted by molar-refractivity contribution is 0.190. The number of piperidine rings is 1. The van der Waals surface area contributed by atoms with E-state index in [1.165, 1.54) is 81.5 Å². The van der Waals surface area contributed by atoms with Gasteiger partial charge in [-0.15, -0.1) is 0 Å². The van der Waals surface area contributed by atoms with Crippen molar-refractivity contribution in [3.8, 4) is 0 Å². The van der Waals surface area contributed by atoms with Crippen molar-refractivity contribution < 1.29 is 0 Å². The quantitative estimate of drug-likeness (QED) is 0.476. The summed E-state index contributed by atoms with van der Waals surface area (Å²) in [4.78, 5) is 5.15. The molecule has 0 radical (unpaired) electrons. The summed E-state index contributed by atoms with van der Waals surface area (Å²) in [5, 5.41) is 3.80. The lowest BCUT2D eigenvalue weighted by Crippen LogP contribution is -2.41. The molecule has 0 amide bonds. The largest absolute Gasteiger partial charge is 0.372 e. The fourth-order valence-electron chi connectivity index (χ4n) is 4.29. The van der Waals surface area contributed by atoms with Crippen molar-refractivity contribution in [2.24, 2.45) is 0 Å². The number of benzene rings is 2. The third-order valence-electron chi connectivity index (χ3n) is 6.30. The maximum atomic E-state index is 3.80. The van der Waals surface area contributed by atoms with Crippen molar-refractivity contribution >= 4 is 5.69 Å². The van der Waals surface area contributed by atoms with Crippen molar-refractivity contribution in [3.63, 3.8) is 0 Å². The maximum Gasteiger partial charge on any atom is 0.0366 e. The Morgan fingerprint density at radius 2 is 1.47 bits per heavy atom. The summed E-state index contributed by atoms with van der Waals surface area (Å²) in [5.41, 5.74) is 4.21. The number of rotatable bonds is 12. The van der Waals surface area contributed by atoms with Crippen molar-refractivity contribution in [2.45, 2.75) is 71.5 Å². The first-order chi connectivity index (χ1) is 14.8. The Labute approximate surface area is 184 Å². The van der Waals surface area contributed by atoms with E-state index in [1.54, 1.807) is 0 Å². The number of hydrogen-bond donors (Lipinski definition) is 1. The molecule has 1 heterocycles. The number of hydrogen-bond acceptors (Lipinski definition) is 3. The molecule has 1 N–H and O–H groups in total. The summed E-state index contributed by atoms with van der Waals surface area (Å²) < 4.78 is 0. The van der Waals surface area contributed by atoms with Crippen LogP contribution >= 0.6 is 0 Å². The molecule has 3 heteroatoms. The summed E-state index contributed by atoms with van der Waals surface area (Å²) in [7, 11) is 0. The van der Waals surface area contributed by atoms with Crippen molar-refractivity contribution in [1.82, 2.24) is 10.2 Å². The van der Waals surface area contributed by atoms with Crippen LogP contribution in [0.2, 0.25) is 0 Å². The molecule has 30 heavy (non-hydrogen) atoms. The second-order valence-electron chi connectivity index (χ2n) is 8.78. The highest BCUT2D eigenvalue weighted by atomic mass is 15.1. The summed E-state index contributed by atoms with van der Waals surface area (Å²) in [5.74, 6) is 0. The lowest BCUT2D eigenvalue weighted by atomic mass is 10.0. The van der Waals surface area contributed by atoms with E-state index in [0.29, 0.717) is 6.04 Å². The number of nitrogens with zero attached hydrogens (tertiary/aromatic N) is 2. The van der Waals surface area contributed by atoms with Gasteiger partial charge >= 0.3 is 0 Å². The van der Waals surface area contributed by atoms with E-state index >= 15 is 0 Å². The molecule has 0 spiro atoms. The van der Waals surface area contributed by atoms with Gasteiger partial charge in [-0.1, -0.05) is 69.2 Å². The van der Waals surface area contributed by atoms with E-state index in [1.807, 2.05) is 0 Å². The molecule has 0 atom stereocenters. The predicted octanol–water partition coefficient (Wildman–Crippen LogP) is 5.85. The van der Waals surface area contributed by atoms with Crippen LogP contribution in [0.25, 0.3) is 0 Å². The van der Waals surface area contributed by atoms with Gasteiger partial charge in [0.25, 0.3) is 0 Å². The van der Waals surface area contributed by atoms with E-state index in [4.69, 9.17) is 0 Å². The highest BCUT2D eigenvalue weighted by Crippen LogP contribution is 2.18. The molecule has 0 aromatic heterocycles. The Balaban J connectivity index is 1.41. The van der Waals surface area contributed by atoms with Crippen LogP contribution in [0.3, 0.4) is 0 Å². The van der Waals surface area contributed by atoms with Crippen molar-refractivity contribution in [3.05, 3.63) is 65.7 Å². The zero-order valence-corrected chi connectivity index (χ0v) is 19.2. The van der Waals surface area contributed by atoms with Crippen LogP contribution in [0.15, 0.2) is 54.6 Å². The summed E-state index contributed by atoms with van der Waals surface area (Å²) in [6, 6.07) is 20.8. The van der Waals surface area contributed by atoms with Crippen molar-refractivity contribution in [1.29, 1.82) is 0 Å². The molecule has 2 aromatic carbocycles. The van der Waals surface area contributed by atoms with Crippen LogP contribution in [0.5, 0.6) is 0 Å². The summed E-state index contributed by atoms with van der Waals surface area (Å²) >= 11 is 0. The van der Waals surface area contributed by atoms with Crippen LogP contribution in [0.4, 0.5) is 5.69 Å². The SMILES string of the molecule is CCCCN(CCCC)c1ccc(CNC2CCN(Cc3ccccc3)CC2)cc1. The third-order valence-corrected chi connectivity index (χ3v) is 6.30. The first-order valence-corrected chi connectivity index (χ1v) is 12.1. The molecule has 1 aliphatic heterocycles. The molecule has 0 aliphatic carbocycles. The van der Waals surface area contributed by atoms with Crippen LogP contribution in [-0.2, 0) is 13.1 Å². The highest BCUT2D eigenvalue weighted by Gasteiger charge is 2.18. The van der Waals surface area contributed by atoms with Gasteiger partial charge in [0.15, 0.2) is 0 Å². The van der Waals surface area contributed by atoms with Crippen LogP contribution in [0, 0.1) is 0 Å². The average molecular weight is 408 g/mol. The zero-order valence-electron chi connectivity index (χ0n) is 19.2. The van der Waals surface area contributed by atoms with E-state index in [-0.39, 0.29) is 0 Å². The Kier molecular flexibility index (Phi) is 9.72. The van der Waals surface area contributed by atoms with E-state index < -0.39 is 0 Å². The van der Waals surface area contributed by atoms with Crippen LogP contribution < -0.4 is 10.2 Å². The van der Waals surface area contributed by atoms with Gasteiger partial charge in [0, 0.05) is 37.9 Å². The van der Waals surface area contributed by atoms with Gasteiger partial charge in [-0.25, -0.2) is 0 Å². The zero-order chi connectivity index (χ0) is 21.0. The van der Waals surface area contributed by atoms with Gasteiger partial charge in [0.2, 0.25) is 0 Å². The molecular weight excluding hydrogens is 366 g/mol. The molecule has 164 valence electrons. The second kappa shape index (κ2) is 12.8. The lowest BCUT2D eigenvalue weighted by Gasteiger charge is -2.32. The van der Waals surface area contributed by atoms with Gasteiger partial charge in [-0.2, -0.15) is 0 Å². The Hall–Kier alpha value is -1.84. The minimum Gasteiger partial charge on any atom is -0.372 e. The van der Waals surface area contributed by atoms with E-state index in [9.17, 15) is 0 Å². The number of likely N-dealkylation sites (tertiary alicyclic amines) is 1. The fourth-order valence-corrected chi connectivity index (χ4v) is 4.29. The van der Waals surface area contributed by atoms with Gasteiger partial charge < -0.3 is 10.2 Å². The predicted molar refractivity (Wildman–Crippen MR) is 130 cm³/mol. The molecule has 3 nitrogen and oxygen atoms in total. The molecule has 1 saturated heterocycles. The average Bonchev–Trinajstić information content (AvgIpc) is 2.80. The topological polar surface area (TPSA) is 18.5 Å². The Morgan fingerprint density at radius 3 is 2.07 bits per heavy atom. The fraction of sp³-hybridized carbons (Fsp3) is 0.556. The van der Waals surface area contributed by atoms with Gasteiger partial charge in [-0.05, 0) is 62.0 Å². The molecule has 0 unspecified atom stereocenters. The van der Waals surface area contributed by atoms with E-state index in [0.717, 1.165) is 13.1 Å². The normalized spacial score (nSPS) is 15.4. The molecule has 1 fully saturated rings. The first-order valence-electron chi connectivity index (χ1n) is 12.1. The smallest absolute Gasteiger partial charge is 0.0366 e. The number of unbranched alkanes of at least 4 members (excludes halogenated alkanes) is 2. The van der Waals surface area contributed by atoms with Gasteiger partial charge in [0.05, 0.1) is 0 Å². The highest BCUT2D eigenvalue weighted by molar-refractivity contribution is 5.47. The molecule has 0 bridgehead atoms. The molecule has 2 aromatic rings. The summed E-state index contributed by atoms with van der Waals surface area (Å²) in [6.07, 6.45) is 7.55. The van der Waals surface area contributed by atoms with Gasteiger partial charge in [-0.3, -0.25) is 4.90 Å². The number of nitrogens with one attached hydrogen (secondary N) is 1. The van der Waals surface area contributed by atoms with Gasteiger partial charge in [0.1, 0.15) is 0 Å². The minimum atomic E-state index is 0.641. The van der Waals surface area contributed by atoms with Crippen LogP contribution in [-0.4, -0.2) is 37.1 Å². The standard InChI is InChI=1S/C27H41N3/c1-3-5-18-30(19-6-4-2)27-14-12-24(13-15-27)22-28-26-16-20-29(21-17-26)23-25-10-8-7-9-11-25/h7-15,26,28H,3-6,16-23H2,1-2H3. The Bertz CT molecular complexity index is 682. The molecule has 3 rings (SSSR count). The third kappa shape index (κ3) is 7.45. The minimum absolute atomic E-state index is 0.641. The van der Waals surface area contributed by atoms with Crippen LogP contribution in [0.1, 0.15) is 63.5 Å². The number of anilines is 1. The Morgan fingerprint density at radius 1 is 0.833 bits per heavy atom. The second-order valence-corrected chi connectivity index (χ2v) is 8.78. The monoisotopic (exact) mass is 407 g/mol. The first kappa shape index (κ1) is 22.8. The molecule has 1 aliphatic rings.